The number of para-hydroxylation sites is 2. The molecule has 0 saturated carbocycles. The minimum absolute atomic E-state index is 0.0501. The van der Waals surface area contributed by atoms with Gasteiger partial charge in [0.05, 0.1) is 10.6 Å². The highest BCUT2D eigenvalue weighted by Gasteiger charge is 2.16. The number of carbonyl (C=O) groups excluding carboxylic acids is 1. The van der Waals surface area contributed by atoms with Crippen LogP contribution in [0.2, 0.25) is 0 Å². The third-order valence-electron chi connectivity index (χ3n) is 3.68. The predicted molar refractivity (Wildman–Crippen MR) is 99.7 cm³/mol. The van der Waals surface area contributed by atoms with Gasteiger partial charge in [-0.3, -0.25) is 9.52 Å². The van der Waals surface area contributed by atoms with Gasteiger partial charge in [-0.05, 0) is 60.7 Å². The molecule has 0 spiro atoms. The van der Waals surface area contributed by atoms with Crippen LogP contribution in [0.4, 0.5) is 15.8 Å². The molecule has 27 heavy (non-hydrogen) atoms. The van der Waals surface area contributed by atoms with Crippen LogP contribution in [0.1, 0.15) is 10.4 Å². The summed E-state index contributed by atoms with van der Waals surface area (Å²) in [6, 6.07) is 16.4. The summed E-state index contributed by atoms with van der Waals surface area (Å²) in [6.45, 7) is 0. The van der Waals surface area contributed by atoms with Crippen molar-refractivity contribution in [3.05, 3.63) is 84.2 Å². The molecule has 0 atom stereocenters. The van der Waals surface area contributed by atoms with Gasteiger partial charge in [-0.1, -0.05) is 12.1 Å². The largest absolute Gasteiger partial charge is 0.506 e. The van der Waals surface area contributed by atoms with E-state index in [4.69, 9.17) is 0 Å². The highest BCUT2D eigenvalue weighted by atomic mass is 32.2. The fourth-order valence-corrected chi connectivity index (χ4v) is 3.35. The Balaban J connectivity index is 1.75. The summed E-state index contributed by atoms with van der Waals surface area (Å²) >= 11 is 0. The Morgan fingerprint density at radius 1 is 0.889 bits per heavy atom. The molecule has 0 saturated heterocycles. The highest BCUT2D eigenvalue weighted by Crippen LogP contribution is 2.23. The van der Waals surface area contributed by atoms with E-state index >= 15 is 0 Å². The second-order valence-electron chi connectivity index (χ2n) is 5.61. The number of anilines is 2. The first-order chi connectivity index (χ1) is 12.8. The molecule has 0 aromatic heterocycles. The van der Waals surface area contributed by atoms with Crippen molar-refractivity contribution in [2.45, 2.75) is 4.90 Å². The lowest BCUT2D eigenvalue weighted by atomic mass is 10.2. The van der Waals surface area contributed by atoms with Crippen LogP contribution in [0.15, 0.2) is 77.7 Å². The molecule has 3 rings (SSSR count). The van der Waals surface area contributed by atoms with Crippen molar-refractivity contribution < 1.29 is 22.7 Å². The third kappa shape index (κ3) is 4.42. The van der Waals surface area contributed by atoms with E-state index in [1.807, 2.05) is 0 Å². The molecule has 8 heteroatoms. The van der Waals surface area contributed by atoms with E-state index < -0.39 is 21.7 Å². The van der Waals surface area contributed by atoms with Crippen molar-refractivity contribution in [2.24, 2.45) is 0 Å². The second-order valence-corrected chi connectivity index (χ2v) is 7.29. The fourth-order valence-electron chi connectivity index (χ4n) is 2.29. The standard InChI is InChI=1S/C19H15FN2O4S/c20-14-7-9-15(10-8-14)22-27(25,26)16-11-5-13(6-12-16)19(24)21-17-3-1-2-4-18(17)23/h1-12,22-23H,(H,21,24). The summed E-state index contributed by atoms with van der Waals surface area (Å²) in [4.78, 5) is 12.2. The zero-order valence-corrected chi connectivity index (χ0v) is 14.7. The number of hydrogen-bond acceptors (Lipinski definition) is 4. The van der Waals surface area contributed by atoms with Crippen molar-refractivity contribution in [1.82, 2.24) is 0 Å². The van der Waals surface area contributed by atoms with Crippen LogP contribution in [0.5, 0.6) is 5.75 Å². The number of nitrogens with one attached hydrogen (secondary N) is 2. The van der Waals surface area contributed by atoms with Gasteiger partial charge in [0.15, 0.2) is 0 Å². The maximum absolute atomic E-state index is 12.9. The van der Waals surface area contributed by atoms with Gasteiger partial charge in [-0.25, -0.2) is 12.8 Å². The SMILES string of the molecule is O=C(Nc1ccccc1O)c1ccc(S(=O)(=O)Nc2ccc(F)cc2)cc1. The summed E-state index contributed by atoms with van der Waals surface area (Å²) in [5, 5.41) is 12.2. The Morgan fingerprint density at radius 3 is 2.15 bits per heavy atom. The molecule has 3 aromatic rings. The molecular formula is C19H15FN2O4S. The Labute approximate surface area is 155 Å². The topological polar surface area (TPSA) is 95.5 Å². The maximum Gasteiger partial charge on any atom is 0.261 e. The highest BCUT2D eigenvalue weighted by molar-refractivity contribution is 7.92. The molecule has 1 amide bonds. The smallest absolute Gasteiger partial charge is 0.261 e. The van der Waals surface area contributed by atoms with Gasteiger partial charge in [0.25, 0.3) is 15.9 Å². The van der Waals surface area contributed by atoms with E-state index in [-0.39, 0.29) is 27.6 Å². The van der Waals surface area contributed by atoms with Crippen LogP contribution in [-0.2, 0) is 10.0 Å². The van der Waals surface area contributed by atoms with Gasteiger partial charge < -0.3 is 10.4 Å². The Bertz CT molecular complexity index is 1070. The molecule has 0 aliphatic heterocycles. The number of phenols is 1. The lowest BCUT2D eigenvalue weighted by molar-refractivity contribution is 0.102. The zero-order valence-electron chi connectivity index (χ0n) is 13.9. The number of hydrogen-bond donors (Lipinski definition) is 3. The number of amides is 1. The molecule has 0 aliphatic rings. The summed E-state index contributed by atoms with van der Waals surface area (Å²) in [5.41, 5.74) is 0.689. The van der Waals surface area contributed by atoms with Crippen molar-refractivity contribution in [2.75, 3.05) is 10.0 Å². The van der Waals surface area contributed by atoms with Gasteiger partial charge >= 0.3 is 0 Å². The zero-order chi connectivity index (χ0) is 19.4. The third-order valence-corrected chi connectivity index (χ3v) is 5.07. The molecule has 3 aromatic carbocycles. The van der Waals surface area contributed by atoms with E-state index in [9.17, 15) is 22.7 Å². The molecule has 0 unspecified atom stereocenters. The number of benzene rings is 3. The molecule has 0 fully saturated rings. The van der Waals surface area contributed by atoms with Crippen molar-refractivity contribution in [3.8, 4) is 5.75 Å². The van der Waals surface area contributed by atoms with Gasteiger partial charge in [0, 0.05) is 11.3 Å². The van der Waals surface area contributed by atoms with Crippen molar-refractivity contribution in [1.29, 1.82) is 0 Å². The van der Waals surface area contributed by atoms with Crippen LogP contribution < -0.4 is 10.0 Å². The van der Waals surface area contributed by atoms with E-state index in [0.29, 0.717) is 0 Å². The maximum atomic E-state index is 12.9. The minimum atomic E-state index is -3.88. The first-order valence-electron chi connectivity index (χ1n) is 7.83. The number of halogens is 1. The van der Waals surface area contributed by atoms with Gasteiger partial charge in [0.1, 0.15) is 11.6 Å². The van der Waals surface area contributed by atoms with Crippen LogP contribution >= 0.6 is 0 Å². The molecule has 138 valence electrons. The summed E-state index contributed by atoms with van der Waals surface area (Å²) < 4.78 is 40.0. The number of sulfonamides is 1. The molecule has 0 heterocycles. The van der Waals surface area contributed by atoms with E-state index in [0.717, 1.165) is 12.1 Å². The summed E-state index contributed by atoms with van der Waals surface area (Å²) in [7, 11) is -3.88. The van der Waals surface area contributed by atoms with Crippen LogP contribution in [0.25, 0.3) is 0 Å². The van der Waals surface area contributed by atoms with Crippen LogP contribution in [0.3, 0.4) is 0 Å². The summed E-state index contributed by atoms with van der Waals surface area (Å²) in [6.07, 6.45) is 0. The van der Waals surface area contributed by atoms with E-state index in [2.05, 4.69) is 10.0 Å². The normalized spacial score (nSPS) is 11.0. The molecular weight excluding hydrogens is 371 g/mol. The Kier molecular flexibility index (Phi) is 5.09. The number of carbonyl (C=O) groups is 1. The average molecular weight is 386 g/mol. The first-order valence-corrected chi connectivity index (χ1v) is 9.31. The fraction of sp³-hybridized carbons (Fsp3) is 0. The van der Waals surface area contributed by atoms with E-state index in [1.165, 1.54) is 42.5 Å². The van der Waals surface area contributed by atoms with Crippen molar-refractivity contribution >= 4 is 27.3 Å². The predicted octanol–water partition coefficient (Wildman–Crippen LogP) is 3.58. The monoisotopic (exact) mass is 386 g/mol. The quantitative estimate of drug-likeness (QED) is 0.584. The lowest BCUT2D eigenvalue weighted by Crippen LogP contribution is -2.15. The summed E-state index contributed by atoms with van der Waals surface area (Å²) in [5.74, 6) is -1.04. The molecule has 6 nitrogen and oxygen atoms in total. The van der Waals surface area contributed by atoms with Crippen LogP contribution in [0, 0.1) is 5.82 Å². The Morgan fingerprint density at radius 2 is 1.52 bits per heavy atom. The second kappa shape index (κ2) is 7.46. The average Bonchev–Trinajstić information content (AvgIpc) is 2.65. The molecule has 0 radical (unpaired) electrons. The Hall–Kier alpha value is -3.39. The van der Waals surface area contributed by atoms with Crippen LogP contribution in [-0.4, -0.2) is 19.4 Å². The molecule has 0 aliphatic carbocycles. The first kappa shape index (κ1) is 18.4. The number of phenolic OH excluding ortho intramolecular Hbond substituents is 1. The number of aromatic hydroxyl groups is 1. The number of rotatable bonds is 5. The van der Waals surface area contributed by atoms with Gasteiger partial charge in [-0.15, -0.1) is 0 Å². The van der Waals surface area contributed by atoms with Gasteiger partial charge in [0.2, 0.25) is 0 Å². The van der Waals surface area contributed by atoms with Gasteiger partial charge in [-0.2, -0.15) is 0 Å². The van der Waals surface area contributed by atoms with E-state index in [1.54, 1.807) is 18.2 Å². The van der Waals surface area contributed by atoms with Crippen molar-refractivity contribution in [3.63, 3.8) is 0 Å². The minimum Gasteiger partial charge on any atom is -0.506 e. The molecule has 3 N–H and O–H groups in total. The lowest BCUT2D eigenvalue weighted by Gasteiger charge is -2.10. The molecule has 0 bridgehead atoms.